The molecule has 0 bridgehead atoms. The Morgan fingerprint density at radius 1 is 1.29 bits per heavy atom. The molecule has 2 aromatic carbocycles. The predicted molar refractivity (Wildman–Crippen MR) is 92.9 cm³/mol. The van der Waals surface area contributed by atoms with E-state index in [0.717, 1.165) is 5.56 Å². The molecule has 0 saturated heterocycles. The van der Waals surface area contributed by atoms with Crippen molar-refractivity contribution >= 4 is 41.0 Å². The lowest BCUT2D eigenvalue weighted by Gasteiger charge is -2.13. The number of rotatable bonds is 5. The predicted octanol–water partition coefficient (Wildman–Crippen LogP) is 4.45. The molecular formula is C16H14Cl2N2O4. The number of ether oxygens (including phenoxy) is 1. The Morgan fingerprint density at radius 3 is 2.54 bits per heavy atom. The number of carbonyl (C=O) groups excluding carboxylic acids is 1. The molecule has 0 aliphatic heterocycles. The van der Waals surface area contributed by atoms with Gasteiger partial charge in [0.25, 0.3) is 5.91 Å². The Hall–Kier alpha value is -2.44. The number of nitrogens with zero attached hydrogens (tertiary/aromatic N) is 1. The average molecular weight is 369 g/mol. The van der Waals surface area contributed by atoms with Crippen molar-refractivity contribution in [3.8, 4) is 17.2 Å². The van der Waals surface area contributed by atoms with Crippen LogP contribution < -0.4 is 10.1 Å². The third-order valence-electron chi connectivity index (χ3n) is 3.09. The zero-order valence-corrected chi connectivity index (χ0v) is 14.1. The summed E-state index contributed by atoms with van der Waals surface area (Å²) in [6.45, 7) is 1.91. The molecule has 0 spiro atoms. The summed E-state index contributed by atoms with van der Waals surface area (Å²) in [7, 11) is 0. The number of nitrogens with one attached hydrogen (secondary N) is 1. The van der Waals surface area contributed by atoms with Gasteiger partial charge in [0.15, 0.2) is 5.75 Å². The zero-order valence-electron chi connectivity index (χ0n) is 12.6. The molecule has 0 aliphatic rings. The quantitative estimate of drug-likeness (QED) is 0.413. The Balaban J connectivity index is 2.27. The Morgan fingerprint density at radius 2 is 1.96 bits per heavy atom. The summed E-state index contributed by atoms with van der Waals surface area (Å²) in [5.41, 5.74) is 1.05. The van der Waals surface area contributed by atoms with Gasteiger partial charge in [-0.15, -0.1) is 0 Å². The molecular weight excluding hydrogens is 355 g/mol. The molecule has 0 heterocycles. The van der Waals surface area contributed by atoms with Crippen LogP contribution in [0, 0.1) is 0 Å². The molecule has 0 atom stereocenters. The van der Waals surface area contributed by atoms with Crippen LogP contribution in [0.5, 0.6) is 17.2 Å². The van der Waals surface area contributed by atoms with Gasteiger partial charge in [-0.2, -0.15) is 0 Å². The third-order valence-corrected chi connectivity index (χ3v) is 3.65. The molecule has 6 nitrogen and oxygen atoms in total. The van der Waals surface area contributed by atoms with Gasteiger partial charge in [0, 0.05) is 5.69 Å². The van der Waals surface area contributed by atoms with E-state index in [-0.39, 0.29) is 21.5 Å². The van der Waals surface area contributed by atoms with Gasteiger partial charge in [-0.25, -0.2) is 0 Å². The molecule has 0 aromatic heterocycles. The Bertz CT molecular complexity index is 771. The maximum atomic E-state index is 11.4. The summed E-state index contributed by atoms with van der Waals surface area (Å²) in [5, 5.41) is 23.4. The van der Waals surface area contributed by atoms with Crippen LogP contribution in [-0.2, 0) is 11.2 Å². The van der Waals surface area contributed by atoms with E-state index in [0.29, 0.717) is 24.1 Å². The summed E-state index contributed by atoms with van der Waals surface area (Å²) in [6, 6.07) is 7.71. The number of aromatic hydroxyl groups is 1. The molecule has 2 rings (SSSR count). The van der Waals surface area contributed by atoms with Crippen LogP contribution in [0.25, 0.3) is 0 Å². The molecule has 0 saturated carbocycles. The van der Waals surface area contributed by atoms with Crippen LogP contribution in [-0.4, -0.2) is 22.4 Å². The summed E-state index contributed by atoms with van der Waals surface area (Å²) in [6.07, 6.45) is 1.34. The summed E-state index contributed by atoms with van der Waals surface area (Å²) < 4.78 is 5.69. The number of benzene rings is 2. The van der Waals surface area contributed by atoms with E-state index in [9.17, 15) is 9.90 Å². The highest BCUT2D eigenvalue weighted by molar-refractivity contribution is 6.38. The Kier molecular flexibility index (Phi) is 5.89. The van der Waals surface area contributed by atoms with Gasteiger partial charge in [-0.05, 0) is 42.3 Å². The lowest BCUT2D eigenvalue weighted by Crippen LogP contribution is -2.12. The third kappa shape index (κ3) is 4.31. The molecule has 2 aromatic rings. The lowest BCUT2D eigenvalue weighted by atomic mass is 10.1. The molecule has 0 aliphatic carbocycles. The van der Waals surface area contributed by atoms with Crippen LogP contribution in [0.1, 0.15) is 12.5 Å². The van der Waals surface area contributed by atoms with Gasteiger partial charge in [0.2, 0.25) is 0 Å². The van der Waals surface area contributed by atoms with Crippen molar-refractivity contribution in [2.75, 3.05) is 5.32 Å². The monoisotopic (exact) mass is 368 g/mol. The molecule has 1 amide bonds. The van der Waals surface area contributed by atoms with Gasteiger partial charge in [0.1, 0.15) is 17.7 Å². The minimum atomic E-state index is -0.635. The number of carbonyl (C=O) groups is 1. The van der Waals surface area contributed by atoms with Crippen LogP contribution in [0.4, 0.5) is 5.69 Å². The smallest absolute Gasteiger partial charge is 0.270 e. The maximum absolute atomic E-state index is 11.4. The number of halogens is 2. The normalized spacial score (nSPS) is 10.8. The Labute approximate surface area is 148 Å². The fraction of sp³-hybridized carbons (Fsp3) is 0.125. The highest BCUT2D eigenvalue weighted by Gasteiger charge is 2.13. The van der Waals surface area contributed by atoms with Gasteiger partial charge in [0.05, 0.1) is 10.0 Å². The zero-order chi connectivity index (χ0) is 17.7. The van der Waals surface area contributed by atoms with Gasteiger partial charge in [-0.3, -0.25) is 4.79 Å². The molecule has 24 heavy (non-hydrogen) atoms. The van der Waals surface area contributed by atoms with Crippen molar-refractivity contribution < 1.29 is 19.8 Å². The highest BCUT2D eigenvalue weighted by Crippen LogP contribution is 2.39. The van der Waals surface area contributed by atoms with Crippen molar-refractivity contribution in [3.05, 3.63) is 45.9 Å². The number of oxime groups is 1. The van der Waals surface area contributed by atoms with E-state index >= 15 is 0 Å². The highest BCUT2D eigenvalue weighted by atomic mass is 35.5. The standard InChI is InChI=1S/C16H14Cl2N2O4/c1-2-9-5-11(3-4-14(9)21)24-16-12(17)6-10(7-13(16)18)20-15(22)8-19-23/h3-8,21,23H,2H2,1H3,(H,20,22)/b19-8+. The summed E-state index contributed by atoms with van der Waals surface area (Å²) >= 11 is 12.3. The van der Waals surface area contributed by atoms with Crippen molar-refractivity contribution in [1.29, 1.82) is 0 Å². The van der Waals surface area contributed by atoms with Crippen LogP contribution in [0.3, 0.4) is 0 Å². The van der Waals surface area contributed by atoms with Crippen molar-refractivity contribution in [3.63, 3.8) is 0 Å². The van der Waals surface area contributed by atoms with E-state index in [1.165, 1.54) is 18.2 Å². The first-order valence-electron chi connectivity index (χ1n) is 6.91. The lowest BCUT2D eigenvalue weighted by molar-refractivity contribution is -0.110. The number of phenolic OH excluding ortho intramolecular Hbond substituents is 1. The number of phenols is 1. The fourth-order valence-electron chi connectivity index (χ4n) is 1.98. The average Bonchev–Trinajstić information content (AvgIpc) is 2.52. The first kappa shape index (κ1) is 17.9. The number of hydrogen-bond donors (Lipinski definition) is 3. The van der Waals surface area contributed by atoms with Crippen LogP contribution in [0.15, 0.2) is 35.5 Å². The van der Waals surface area contributed by atoms with Crippen molar-refractivity contribution in [2.24, 2.45) is 5.16 Å². The molecule has 0 fully saturated rings. The van der Waals surface area contributed by atoms with Gasteiger partial charge < -0.3 is 20.4 Å². The van der Waals surface area contributed by atoms with Crippen LogP contribution in [0.2, 0.25) is 10.0 Å². The second-order valence-corrected chi connectivity index (χ2v) is 5.56. The van der Waals surface area contributed by atoms with E-state index in [2.05, 4.69) is 10.5 Å². The van der Waals surface area contributed by atoms with Gasteiger partial charge >= 0.3 is 0 Å². The minimum Gasteiger partial charge on any atom is -0.508 e. The molecule has 3 N–H and O–H groups in total. The first-order chi connectivity index (χ1) is 11.4. The SMILES string of the molecule is CCc1cc(Oc2c(Cl)cc(NC(=O)/C=N/O)cc2Cl)ccc1O. The number of anilines is 1. The van der Waals surface area contributed by atoms with E-state index in [1.54, 1.807) is 12.1 Å². The molecule has 0 radical (unpaired) electrons. The van der Waals surface area contributed by atoms with E-state index in [4.69, 9.17) is 33.1 Å². The van der Waals surface area contributed by atoms with Crippen LogP contribution >= 0.6 is 23.2 Å². The molecule has 8 heteroatoms. The fourth-order valence-corrected chi connectivity index (χ4v) is 2.55. The molecule has 0 unspecified atom stereocenters. The first-order valence-corrected chi connectivity index (χ1v) is 7.67. The van der Waals surface area contributed by atoms with Crippen molar-refractivity contribution in [2.45, 2.75) is 13.3 Å². The molecule has 126 valence electrons. The minimum absolute atomic E-state index is 0.185. The van der Waals surface area contributed by atoms with E-state index < -0.39 is 5.91 Å². The number of hydrogen-bond acceptors (Lipinski definition) is 5. The second kappa shape index (κ2) is 7.90. The largest absolute Gasteiger partial charge is 0.508 e. The second-order valence-electron chi connectivity index (χ2n) is 4.75. The number of amides is 1. The van der Waals surface area contributed by atoms with E-state index in [1.807, 2.05) is 6.92 Å². The van der Waals surface area contributed by atoms with Crippen molar-refractivity contribution in [1.82, 2.24) is 0 Å². The number of aryl methyl sites for hydroxylation is 1. The summed E-state index contributed by atoms with van der Waals surface area (Å²) in [5.74, 6) is 0.243. The maximum Gasteiger partial charge on any atom is 0.270 e. The topological polar surface area (TPSA) is 91.2 Å². The van der Waals surface area contributed by atoms with Gasteiger partial charge in [-0.1, -0.05) is 35.3 Å². The summed E-state index contributed by atoms with van der Waals surface area (Å²) in [4.78, 5) is 11.4.